The highest BCUT2D eigenvalue weighted by molar-refractivity contribution is 7.09. The zero-order valence-electron chi connectivity index (χ0n) is 14.5. The van der Waals surface area contributed by atoms with Crippen molar-refractivity contribution in [2.75, 3.05) is 46.5 Å². The molecule has 130 valence electrons. The summed E-state index contributed by atoms with van der Waals surface area (Å²) in [5.41, 5.74) is -0.129. The lowest BCUT2D eigenvalue weighted by Gasteiger charge is -2.31. The fourth-order valence-electron chi connectivity index (χ4n) is 3.53. The van der Waals surface area contributed by atoms with E-state index >= 15 is 0 Å². The first kappa shape index (κ1) is 17.3. The number of ether oxygens (including phenoxy) is 2. The highest BCUT2D eigenvalue weighted by Crippen LogP contribution is 2.33. The first-order chi connectivity index (χ1) is 11.1. The second-order valence-corrected chi connectivity index (χ2v) is 8.27. The normalized spacial score (nSPS) is 29.7. The second kappa shape index (κ2) is 7.57. The Morgan fingerprint density at radius 1 is 1.52 bits per heavy atom. The van der Waals surface area contributed by atoms with E-state index in [4.69, 9.17) is 9.47 Å². The predicted molar refractivity (Wildman–Crippen MR) is 92.8 cm³/mol. The first-order valence-corrected chi connectivity index (χ1v) is 9.47. The van der Waals surface area contributed by atoms with E-state index < -0.39 is 0 Å². The highest BCUT2D eigenvalue weighted by Gasteiger charge is 2.43. The van der Waals surface area contributed by atoms with Gasteiger partial charge in [-0.1, -0.05) is 0 Å². The van der Waals surface area contributed by atoms with Crippen LogP contribution in [0.3, 0.4) is 0 Å². The second-order valence-electron chi connectivity index (χ2n) is 7.29. The Morgan fingerprint density at radius 2 is 2.39 bits per heavy atom. The Balaban J connectivity index is 1.59. The van der Waals surface area contributed by atoms with Crippen LogP contribution < -0.4 is 0 Å². The van der Waals surface area contributed by atoms with Gasteiger partial charge < -0.3 is 14.4 Å². The molecule has 0 saturated carbocycles. The summed E-state index contributed by atoms with van der Waals surface area (Å²) in [7, 11) is 2.20. The van der Waals surface area contributed by atoms with Crippen LogP contribution >= 0.6 is 11.3 Å². The summed E-state index contributed by atoms with van der Waals surface area (Å²) in [5, 5.41) is 3.22. The minimum absolute atomic E-state index is 0.129. The van der Waals surface area contributed by atoms with Crippen molar-refractivity contribution in [3.8, 4) is 0 Å². The van der Waals surface area contributed by atoms with Gasteiger partial charge in [-0.05, 0) is 33.2 Å². The van der Waals surface area contributed by atoms with Crippen LogP contribution in [0.15, 0.2) is 11.6 Å². The van der Waals surface area contributed by atoms with Crippen LogP contribution in [0.2, 0.25) is 0 Å². The van der Waals surface area contributed by atoms with Gasteiger partial charge in [0, 0.05) is 37.3 Å². The van der Waals surface area contributed by atoms with Gasteiger partial charge >= 0.3 is 0 Å². The number of thiazole rings is 1. The van der Waals surface area contributed by atoms with Crippen molar-refractivity contribution in [3.05, 3.63) is 16.6 Å². The summed E-state index contributed by atoms with van der Waals surface area (Å²) in [4.78, 5) is 9.28. The molecule has 0 radical (unpaired) electrons. The molecule has 1 aromatic heterocycles. The summed E-state index contributed by atoms with van der Waals surface area (Å²) in [5.74, 6) is 0.603. The van der Waals surface area contributed by atoms with E-state index in [0.717, 1.165) is 52.4 Å². The summed E-state index contributed by atoms with van der Waals surface area (Å²) >= 11 is 1.73. The van der Waals surface area contributed by atoms with Crippen LogP contribution in [0, 0.1) is 5.92 Å². The molecule has 3 heterocycles. The van der Waals surface area contributed by atoms with Gasteiger partial charge in [-0.2, -0.15) is 0 Å². The zero-order valence-corrected chi connectivity index (χ0v) is 15.3. The van der Waals surface area contributed by atoms with E-state index in [0.29, 0.717) is 12.0 Å². The van der Waals surface area contributed by atoms with E-state index in [1.54, 1.807) is 11.3 Å². The lowest BCUT2D eigenvalue weighted by Crippen LogP contribution is -2.44. The molecule has 6 heteroatoms. The molecule has 1 aromatic rings. The maximum absolute atomic E-state index is 6.29. The lowest BCUT2D eigenvalue weighted by molar-refractivity contribution is -0.0563. The van der Waals surface area contributed by atoms with E-state index in [-0.39, 0.29) is 5.60 Å². The molecule has 0 N–H and O–H groups in total. The first-order valence-electron chi connectivity index (χ1n) is 8.59. The number of aromatic nitrogens is 1. The van der Waals surface area contributed by atoms with Gasteiger partial charge in [0.05, 0.1) is 26.4 Å². The maximum atomic E-state index is 6.29. The zero-order chi connectivity index (χ0) is 16.3. The van der Waals surface area contributed by atoms with Crippen molar-refractivity contribution in [1.29, 1.82) is 0 Å². The average Bonchev–Trinajstić information content (AvgIpc) is 3.09. The van der Waals surface area contributed by atoms with Crippen LogP contribution in [-0.2, 0) is 16.0 Å². The Bertz CT molecular complexity index is 482. The predicted octanol–water partition coefficient (Wildman–Crippen LogP) is 2.09. The number of hydrogen-bond donors (Lipinski definition) is 0. The number of rotatable bonds is 5. The molecule has 3 rings (SSSR count). The third kappa shape index (κ3) is 4.51. The molecule has 2 aliphatic heterocycles. The minimum Gasteiger partial charge on any atom is -0.377 e. The third-order valence-corrected chi connectivity index (χ3v) is 5.75. The van der Waals surface area contributed by atoms with Crippen molar-refractivity contribution in [1.82, 2.24) is 14.8 Å². The molecule has 1 spiro atoms. The number of nitrogens with zero attached hydrogens (tertiary/aromatic N) is 3. The van der Waals surface area contributed by atoms with Crippen molar-refractivity contribution >= 4 is 11.3 Å². The summed E-state index contributed by atoms with van der Waals surface area (Å²) in [6, 6.07) is 0.582. The molecule has 0 amide bonds. The van der Waals surface area contributed by atoms with Crippen LogP contribution in [0.4, 0.5) is 0 Å². The highest BCUT2D eigenvalue weighted by atomic mass is 32.1. The van der Waals surface area contributed by atoms with Crippen molar-refractivity contribution in [3.63, 3.8) is 0 Å². The van der Waals surface area contributed by atoms with E-state index in [9.17, 15) is 0 Å². The molecular formula is C17H29N3O2S. The van der Waals surface area contributed by atoms with Crippen LogP contribution in [-0.4, -0.2) is 72.9 Å². The van der Waals surface area contributed by atoms with Gasteiger partial charge in [-0.25, -0.2) is 4.98 Å². The molecule has 5 nitrogen and oxygen atoms in total. The molecule has 0 unspecified atom stereocenters. The summed E-state index contributed by atoms with van der Waals surface area (Å²) in [6.45, 7) is 10.8. The van der Waals surface area contributed by atoms with Crippen molar-refractivity contribution in [2.45, 2.75) is 38.5 Å². The summed E-state index contributed by atoms with van der Waals surface area (Å²) < 4.78 is 12.2. The summed E-state index contributed by atoms with van der Waals surface area (Å²) in [6.07, 6.45) is 2.98. The molecule has 2 saturated heterocycles. The van der Waals surface area contributed by atoms with E-state index in [1.807, 2.05) is 11.6 Å². The molecule has 0 bridgehead atoms. The van der Waals surface area contributed by atoms with Gasteiger partial charge in [0.25, 0.3) is 0 Å². The Hall–Kier alpha value is -0.530. The molecule has 2 atom stereocenters. The van der Waals surface area contributed by atoms with Crippen LogP contribution in [0.1, 0.15) is 25.3 Å². The third-order valence-electron chi connectivity index (χ3n) is 4.98. The smallest absolute Gasteiger partial charge is 0.107 e. The molecule has 23 heavy (non-hydrogen) atoms. The van der Waals surface area contributed by atoms with E-state index in [2.05, 4.69) is 35.7 Å². The average molecular weight is 340 g/mol. The van der Waals surface area contributed by atoms with Gasteiger partial charge in [0.2, 0.25) is 0 Å². The van der Waals surface area contributed by atoms with Crippen LogP contribution in [0.5, 0.6) is 0 Å². The van der Waals surface area contributed by atoms with Gasteiger partial charge in [0.1, 0.15) is 10.6 Å². The molecule has 2 aliphatic rings. The fourth-order valence-corrected chi connectivity index (χ4v) is 4.18. The van der Waals surface area contributed by atoms with Gasteiger partial charge in [-0.15, -0.1) is 11.3 Å². The Labute approximate surface area is 143 Å². The fraction of sp³-hybridized carbons (Fsp3) is 0.824. The van der Waals surface area contributed by atoms with Crippen molar-refractivity contribution in [2.24, 2.45) is 5.92 Å². The monoisotopic (exact) mass is 339 g/mol. The standard InChI is InChI=1S/C17H29N3O2S/c1-14(2)19(3)9-15-8-17(22-11-15)12-20(5-6-21-13-17)10-16-18-4-7-23-16/h4,7,14-15H,5-6,8-13H2,1-3H3/t15-,17+/m1/s1. The molecular weight excluding hydrogens is 310 g/mol. The van der Waals surface area contributed by atoms with Gasteiger partial charge in [0.15, 0.2) is 0 Å². The Kier molecular flexibility index (Phi) is 5.69. The lowest BCUT2D eigenvalue weighted by atomic mass is 9.93. The van der Waals surface area contributed by atoms with Crippen LogP contribution in [0.25, 0.3) is 0 Å². The van der Waals surface area contributed by atoms with Gasteiger partial charge in [-0.3, -0.25) is 4.90 Å². The largest absolute Gasteiger partial charge is 0.377 e. The van der Waals surface area contributed by atoms with Crippen molar-refractivity contribution < 1.29 is 9.47 Å². The SMILES string of the molecule is CC(C)N(C)C[C@@H]1CO[C@@]2(COCCN(Cc3nccs3)C2)C1. The number of hydrogen-bond acceptors (Lipinski definition) is 6. The topological polar surface area (TPSA) is 37.8 Å². The van der Waals surface area contributed by atoms with E-state index in [1.165, 1.54) is 5.01 Å². The molecule has 0 aliphatic carbocycles. The minimum atomic E-state index is -0.129. The molecule has 2 fully saturated rings. The molecule has 0 aromatic carbocycles. The quantitative estimate of drug-likeness (QED) is 0.821. The maximum Gasteiger partial charge on any atom is 0.107 e. The Morgan fingerprint density at radius 3 is 3.13 bits per heavy atom.